The number of carbonyl (C=O) groups is 2. The molecule has 8 heteroatoms. The molecular formula is C25H37N5O2S. The topological polar surface area (TPSA) is 70.5 Å². The van der Waals surface area contributed by atoms with Gasteiger partial charge in [-0.05, 0) is 75.9 Å². The fourth-order valence-electron chi connectivity index (χ4n) is 5.45. The summed E-state index contributed by atoms with van der Waals surface area (Å²) in [5.41, 5.74) is 1.60. The highest BCUT2D eigenvalue weighted by Gasteiger charge is 2.55. The van der Waals surface area contributed by atoms with Crippen molar-refractivity contribution in [1.29, 1.82) is 0 Å². The lowest BCUT2D eigenvalue weighted by molar-refractivity contribution is -0.134. The second-order valence-electron chi connectivity index (χ2n) is 9.93. The molecule has 0 radical (unpaired) electrons. The fraction of sp³-hybridized carbons (Fsp3) is 0.640. The van der Waals surface area contributed by atoms with Gasteiger partial charge in [-0.2, -0.15) is 5.10 Å². The molecule has 33 heavy (non-hydrogen) atoms. The van der Waals surface area contributed by atoms with Gasteiger partial charge in [-0.25, -0.2) is 4.79 Å². The van der Waals surface area contributed by atoms with E-state index in [-0.39, 0.29) is 17.9 Å². The number of hydrogen-bond acceptors (Lipinski definition) is 5. The lowest BCUT2D eigenvalue weighted by Gasteiger charge is -2.41. The molecule has 7 nitrogen and oxygen atoms in total. The van der Waals surface area contributed by atoms with Crippen molar-refractivity contribution in [2.45, 2.75) is 72.0 Å². The molecule has 0 spiro atoms. The first-order chi connectivity index (χ1) is 15.8. The van der Waals surface area contributed by atoms with E-state index in [0.29, 0.717) is 18.9 Å². The van der Waals surface area contributed by atoms with Crippen LogP contribution in [-0.2, 0) is 24.3 Å². The summed E-state index contributed by atoms with van der Waals surface area (Å²) in [6.45, 7) is 12.5. The maximum absolute atomic E-state index is 13.7. The van der Waals surface area contributed by atoms with Crippen molar-refractivity contribution in [1.82, 2.24) is 24.9 Å². The van der Waals surface area contributed by atoms with Gasteiger partial charge in [-0.3, -0.25) is 19.3 Å². The lowest BCUT2D eigenvalue weighted by Crippen LogP contribution is -2.56. The molecule has 2 saturated heterocycles. The summed E-state index contributed by atoms with van der Waals surface area (Å²) in [5.74, 6) is 0.474. The Morgan fingerprint density at radius 2 is 2.03 bits per heavy atom. The zero-order valence-electron chi connectivity index (χ0n) is 20.3. The number of carbonyl (C=O) groups excluding carboxylic acids is 2. The minimum absolute atomic E-state index is 0.0173. The predicted molar refractivity (Wildman–Crippen MR) is 131 cm³/mol. The second kappa shape index (κ2) is 9.97. The van der Waals surface area contributed by atoms with Crippen molar-refractivity contribution in [2.24, 2.45) is 11.8 Å². The summed E-state index contributed by atoms with van der Waals surface area (Å²) < 4.78 is 1.99. The van der Waals surface area contributed by atoms with Crippen LogP contribution in [-0.4, -0.2) is 56.7 Å². The number of imide groups is 1. The van der Waals surface area contributed by atoms with Gasteiger partial charge < -0.3 is 5.32 Å². The van der Waals surface area contributed by atoms with E-state index in [1.54, 1.807) is 11.3 Å². The molecule has 2 aliphatic rings. The number of urea groups is 1. The minimum Gasteiger partial charge on any atom is -0.323 e. The summed E-state index contributed by atoms with van der Waals surface area (Å²) >= 11 is 1.67. The van der Waals surface area contributed by atoms with E-state index in [1.165, 1.54) is 15.3 Å². The Bertz CT molecular complexity index is 962. The zero-order chi connectivity index (χ0) is 23.6. The first-order valence-electron chi connectivity index (χ1n) is 12.2. The summed E-state index contributed by atoms with van der Waals surface area (Å²) in [7, 11) is 0. The van der Waals surface area contributed by atoms with Gasteiger partial charge in [-0.15, -0.1) is 11.3 Å². The molecule has 0 unspecified atom stereocenters. The molecular weight excluding hydrogens is 434 g/mol. The molecule has 1 atom stereocenters. The van der Waals surface area contributed by atoms with Crippen LogP contribution in [0.5, 0.6) is 0 Å². The maximum atomic E-state index is 13.7. The van der Waals surface area contributed by atoms with E-state index in [9.17, 15) is 9.59 Å². The molecule has 3 amide bonds. The third kappa shape index (κ3) is 5.01. The van der Waals surface area contributed by atoms with Crippen LogP contribution in [0.2, 0.25) is 0 Å². The van der Waals surface area contributed by atoms with Gasteiger partial charge in [0.25, 0.3) is 5.91 Å². The summed E-state index contributed by atoms with van der Waals surface area (Å²) in [5, 5.41) is 9.80. The quantitative estimate of drug-likeness (QED) is 0.560. The number of nitrogens with zero attached hydrogens (tertiary/aromatic N) is 4. The van der Waals surface area contributed by atoms with Crippen LogP contribution in [0.4, 0.5) is 4.79 Å². The Balaban J connectivity index is 1.43. The fourth-order valence-corrected chi connectivity index (χ4v) is 6.15. The predicted octanol–water partition coefficient (Wildman–Crippen LogP) is 4.06. The lowest BCUT2D eigenvalue weighted by atomic mass is 9.73. The SMILES string of the molecule is CCn1cc(CN2CCC([C@@]3(CC(C)C)NC(=O)N(CCc4cccs4)C3=O)CC2)c(C)n1. The summed E-state index contributed by atoms with van der Waals surface area (Å²) in [4.78, 5) is 31.8. The smallest absolute Gasteiger partial charge is 0.323 e. The molecule has 2 aliphatic heterocycles. The number of likely N-dealkylation sites (tertiary alicyclic amines) is 1. The van der Waals surface area contributed by atoms with Gasteiger partial charge in [-0.1, -0.05) is 19.9 Å². The van der Waals surface area contributed by atoms with Gasteiger partial charge >= 0.3 is 6.03 Å². The maximum Gasteiger partial charge on any atom is 0.325 e. The molecule has 0 aliphatic carbocycles. The molecule has 2 aromatic rings. The largest absolute Gasteiger partial charge is 0.325 e. The van der Waals surface area contributed by atoms with Crippen molar-refractivity contribution in [3.63, 3.8) is 0 Å². The van der Waals surface area contributed by atoms with Crippen LogP contribution in [0.25, 0.3) is 0 Å². The molecule has 0 bridgehead atoms. The second-order valence-corrected chi connectivity index (χ2v) is 11.0. The van der Waals surface area contributed by atoms with Crippen LogP contribution in [0, 0.1) is 18.8 Å². The normalized spacial score (nSPS) is 22.5. The number of rotatable bonds is 9. The van der Waals surface area contributed by atoms with Gasteiger partial charge in [0, 0.05) is 36.3 Å². The Morgan fingerprint density at radius 1 is 1.27 bits per heavy atom. The van der Waals surface area contributed by atoms with Crippen LogP contribution in [0.15, 0.2) is 23.7 Å². The monoisotopic (exact) mass is 471 g/mol. The number of hydrogen-bond donors (Lipinski definition) is 1. The highest BCUT2D eigenvalue weighted by atomic mass is 32.1. The number of aromatic nitrogens is 2. The van der Waals surface area contributed by atoms with Crippen molar-refractivity contribution in [3.05, 3.63) is 39.8 Å². The molecule has 4 rings (SSSR count). The van der Waals surface area contributed by atoms with Crippen LogP contribution in [0.1, 0.15) is 56.2 Å². The Hall–Kier alpha value is -2.19. The standard InChI is InChI=1S/C25H37N5O2S/c1-5-29-17-20(19(4)27-29)16-28-11-8-21(9-12-28)25(15-18(2)3)23(31)30(24(32)26-25)13-10-22-7-6-14-33-22/h6-7,14,17-18,21H,5,8-13,15-16H2,1-4H3,(H,26,32)/t25-/m1/s1. The van der Waals surface area contributed by atoms with E-state index in [2.05, 4.69) is 55.3 Å². The number of aryl methyl sites for hydroxylation is 2. The first-order valence-corrected chi connectivity index (χ1v) is 13.1. The van der Waals surface area contributed by atoms with Gasteiger partial charge in [0.2, 0.25) is 0 Å². The van der Waals surface area contributed by atoms with Crippen molar-refractivity contribution >= 4 is 23.3 Å². The van der Waals surface area contributed by atoms with Crippen molar-refractivity contribution in [3.8, 4) is 0 Å². The molecule has 4 heterocycles. The van der Waals surface area contributed by atoms with E-state index < -0.39 is 5.54 Å². The Morgan fingerprint density at radius 3 is 2.64 bits per heavy atom. The van der Waals surface area contributed by atoms with Crippen LogP contribution >= 0.6 is 11.3 Å². The average molecular weight is 472 g/mol. The van der Waals surface area contributed by atoms with E-state index in [1.807, 2.05) is 16.1 Å². The first kappa shape index (κ1) is 24.0. The highest BCUT2D eigenvalue weighted by Crippen LogP contribution is 2.38. The van der Waals surface area contributed by atoms with E-state index in [4.69, 9.17) is 0 Å². The number of thiophene rings is 1. The van der Waals surface area contributed by atoms with Gasteiger partial charge in [0.15, 0.2) is 0 Å². The minimum atomic E-state index is -0.768. The van der Waals surface area contributed by atoms with E-state index in [0.717, 1.165) is 51.1 Å². The molecule has 180 valence electrons. The van der Waals surface area contributed by atoms with Gasteiger partial charge in [0.1, 0.15) is 5.54 Å². The number of nitrogens with one attached hydrogen (secondary N) is 1. The Labute approximate surface area is 201 Å². The van der Waals surface area contributed by atoms with Crippen LogP contribution in [0.3, 0.4) is 0 Å². The molecule has 2 aromatic heterocycles. The third-order valence-corrected chi connectivity index (χ3v) is 8.08. The summed E-state index contributed by atoms with van der Waals surface area (Å²) in [6.07, 6.45) is 5.39. The number of amides is 3. The average Bonchev–Trinajstić information content (AvgIpc) is 3.48. The molecule has 0 saturated carbocycles. The molecule has 1 N–H and O–H groups in total. The van der Waals surface area contributed by atoms with Crippen molar-refractivity contribution in [2.75, 3.05) is 19.6 Å². The van der Waals surface area contributed by atoms with Crippen molar-refractivity contribution < 1.29 is 9.59 Å². The molecule has 2 fully saturated rings. The van der Waals surface area contributed by atoms with E-state index >= 15 is 0 Å². The van der Waals surface area contributed by atoms with Crippen LogP contribution < -0.4 is 5.32 Å². The zero-order valence-corrected chi connectivity index (χ0v) is 21.2. The summed E-state index contributed by atoms with van der Waals surface area (Å²) in [6, 6.07) is 3.85. The third-order valence-electron chi connectivity index (χ3n) is 7.14. The van der Waals surface area contributed by atoms with Gasteiger partial charge in [0.05, 0.1) is 5.69 Å². The Kier molecular flexibility index (Phi) is 7.24. The number of piperidine rings is 1. The highest BCUT2D eigenvalue weighted by molar-refractivity contribution is 7.09. The molecule has 0 aromatic carbocycles.